The van der Waals surface area contributed by atoms with Gasteiger partial charge < -0.3 is 5.32 Å². The predicted molar refractivity (Wildman–Crippen MR) is 87.1 cm³/mol. The first-order valence-corrected chi connectivity index (χ1v) is 7.47. The van der Waals surface area contributed by atoms with Crippen LogP contribution in [0.25, 0.3) is 10.8 Å². The monoisotopic (exact) mass is 343 g/mol. The summed E-state index contributed by atoms with van der Waals surface area (Å²) < 4.78 is 2.79. The molecule has 4 nitrogen and oxygen atoms in total. The molecule has 21 heavy (non-hydrogen) atoms. The minimum absolute atomic E-state index is 0.0121. The van der Waals surface area contributed by atoms with Crippen molar-refractivity contribution in [1.82, 2.24) is 9.78 Å². The van der Waals surface area contributed by atoms with E-state index in [0.29, 0.717) is 13.0 Å². The van der Waals surface area contributed by atoms with Crippen molar-refractivity contribution in [3.05, 3.63) is 59.3 Å². The third kappa shape index (κ3) is 3.49. The number of rotatable bonds is 4. The van der Waals surface area contributed by atoms with Gasteiger partial charge in [-0.05, 0) is 41.1 Å². The van der Waals surface area contributed by atoms with Crippen molar-refractivity contribution in [3.63, 3.8) is 0 Å². The largest absolute Gasteiger partial charge is 0.326 e. The molecule has 0 aliphatic carbocycles. The van der Waals surface area contributed by atoms with Crippen molar-refractivity contribution in [2.24, 2.45) is 0 Å². The van der Waals surface area contributed by atoms with Crippen LogP contribution in [0, 0.1) is 0 Å². The van der Waals surface area contributed by atoms with E-state index in [9.17, 15) is 4.79 Å². The van der Waals surface area contributed by atoms with Crippen LogP contribution in [0.3, 0.4) is 0 Å². The van der Waals surface area contributed by atoms with Gasteiger partial charge in [-0.25, -0.2) is 0 Å². The molecule has 1 amide bonds. The Balaban J connectivity index is 1.66. The molecule has 0 aliphatic rings. The normalized spacial score (nSPS) is 10.7. The summed E-state index contributed by atoms with van der Waals surface area (Å²) in [5.74, 6) is -0.0121. The van der Waals surface area contributed by atoms with E-state index in [0.717, 1.165) is 20.9 Å². The van der Waals surface area contributed by atoms with E-state index in [1.165, 1.54) is 0 Å². The van der Waals surface area contributed by atoms with E-state index < -0.39 is 0 Å². The standard InChI is InChI=1S/C16H14BrN3O/c17-14-4-2-13-11-15(5-3-12(13)10-14)19-16(21)6-9-20-8-1-7-18-20/h1-5,7-8,10-11H,6,9H2,(H,19,21). The number of benzene rings is 2. The lowest BCUT2D eigenvalue weighted by Gasteiger charge is -2.07. The number of hydrogen-bond donors (Lipinski definition) is 1. The summed E-state index contributed by atoms with van der Waals surface area (Å²) >= 11 is 3.45. The number of fused-ring (bicyclic) bond motifs is 1. The Labute approximate surface area is 130 Å². The number of amides is 1. The van der Waals surface area contributed by atoms with Gasteiger partial charge in [-0.15, -0.1) is 0 Å². The fraction of sp³-hybridized carbons (Fsp3) is 0.125. The fourth-order valence-electron chi connectivity index (χ4n) is 2.17. The van der Waals surface area contributed by atoms with Crippen LogP contribution in [-0.2, 0) is 11.3 Å². The van der Waals surface area contributed by atoms with E-state index in [1.807, 2.05) is 42.6 Å². The molecule has 0 unspecified atom stereocenters. The zero-order valence-electron chi connectivity index (χ0n) is 11.3. The molecule has 0 spiro atoms. The molecular formula is C16H14BrN3O. The van der Waals surface area contributed by atoms with Gasteiger partial charge in [0.2, 0.25) is 5.91 Å². The smallest absolute Gasteiger partial charge is 0.226 e. The summed E-state index contributed by atoms with van der Waals surface area (Å²) in [7, 11) is 0. The lowest BCUT2D eigenvalue weighted by molar-refractivity contribution is -0.116. The summed E-state index contributed by atoms with van der Waals surface area (Å²) in [6.07, 6.45) is 3.96. The van der Waals surface area contributed by atoms with Crippen molar-refractivity contribution in [3.8, 4) is 0 Å². The molecule has 3 aromatic rings. The van der Waals surface area contributed by atoms with Crippen LogP contribution in [0.1, 0.15) is 6.42 Å². The SMILES string of the molecule is O=C(CCn1cccn1)Nc1ccc2cc(Br)ccc2c1. The molecular weight excluding hydrogens is 330 g/mol. The lowest BCUT2D eigenvalue weighted by atomic mass is 10.1. The highest BCUT2D eigenvalue weighted by Gasteiger charge is 2.04. The first-order valence-electron chi connectivity index (χ1n) is 6.67. The third-order valence-corrected chi connectivity index (χ3v) is 3.71. The molecule has 5 heteroatoms. The average Bonchev–Trinajstić information content (AvgIpc) is 2.99. The van der Waals surface area contributed by atoms with Gasteiger partial charge in [0.15, 0.2) is 0 Å². The molecule has 1 N–H and O–H groups in total. The van der Waals surface area contributed by atoms with Crippen LogP contribution in [0.2, 0.25) is 0 Å². The molecule has 106 valence electrons. The maximum atomic E-state index is 11.9. The van der Waals surface area contributed by atoms with Crippen molar-refractivity contribution in [2.75, 3.05) is 5.32 Å². The maximum Gasteiger partial charge on any atom is 0.226 e. The van der Waals surface area contributed by atoms with Crippen LogP contribution in [0.4, 0.5) is 5.69 Å². The minimum Gasteiger partial charge on any atom is -0.326 e. The summed E-state index contributed by atoms with van der Waals surface area (Å²) in [5, 5.41) is 9.23. The molecule has 1 heterocycles. The van der Waals surface area contributed by atoms with Gasteiger partial charge >= 0.3 is 0 Å². The number of carbonyl (C=O) groups excluding carboxylic acids is 1. The quantitative estimate of drug-likeness (QED) is 0.782. The lowest BCUT2D eigenvalue weighted by Crippen LogP contribution is -2.14. The molecule has 0 radical (unpaired) electrons. The second-order valence-electron chi connectivity index (χ2n) is 4.77. The van der Waals surface area contributed by atoms with Gasteiger partial charge in [-0.1, -0.05) is 28.1 Å². The molecule has 0 fully saturated rings. The number of nitrogens with one attached hydrogen (secondary N) is 1. The van der Waals surface area contributed by atoms with Crippen molar-refractivity contribution in [2.45, 2.75) is 13.0 Å². The van der Waals surface area contributed by atoms with Gasteiger partial charge in [-0.2, -0.15) is 5.10 Å². The average molecular weight is 344 g/mol. The van der Waals surface area contributed by atoms with Crippen LogP contribution in [-0.4, -0.2) is 15.7 Å². The number of nitrogens with zero attached hydrogens (tertiary/aromatic N) is 2. The molecule has 0 saturated heterocycles. The number of aromatic nitrogens is 2. The highest BCUT2D eigenvalue weighted by atomic mass is 79.9. The number of carbonyl (C=O) groups is 1. The number of hydrogen-bond acceptors (Lipinski definition) is 2. The molecule has 3 rings (SSSR count). The Morgan fingerprint density at radius 1 is 1.19 bits per heavy atom. The molecule has 0 aliphatic heterocycles. The van der Waals surface area contributed by atoms with Gasteiger partial charge in [-0.3, -0.25) is 9.48 Å². The first-order chi connectivity index (χ1) is 10.2. The Hall–Kier alpha value is -2.14. The van der Waals surface area contributed by atoms with Crippen LogP contribution < -0.4 is 5.32 Å². The summed E-state index contributed by atoms with van der Waals surface area (Å²) in [6, 6.07) is 13.8. The van der Waals surface area contributed by atoms with E-state index in [4.69, 9.17) is 0 Å². The second kappa shape index (κ2) is 6.10. The number of aryl methyl sites for hydroxylation is 1. The van der Waals surface area contributed by atoms with Crippen molar-refractivity contribution in [1.29, 1.82) is 0 Å². The van der Waals surface area contributed by atoms with Crippen LogP contribution in [0.15, 0.2) is 59.3 Å². The Kier molecular flexibility index (Phi) is 4.01. The minimum atomic E-state index is -0.0121. The molecule has 0 bridgehead atoms. The van der Waals surface area contributed by atoms with Crippen molar-refractivity contribution < 1.29 is 4.79 Å². The van der Waals surface area contributed by atoms with Gasteiger partial charge in [0.05, 0.1) is 0 Å². The fourth-order valence-corrected chi connectivity index (χ4v) is 2.55. The van der Waals surface area contributed by atoms with E-state index >= 15 is 0 Å². The molecule has 0 atom stereocenters. The zero-order valence-corrected chi connectivity index (χ0v) is 12.9. The molecule has 1 aromatic heterocycles. The van der Waals surface area contributed by atoms with E-state index in [1.54, 1.807) is 10.9 Å². The van der Waals surface area contributed by atoms with E-state index in [2.05, 4.69) is 32.4 Å². The number of halogens is 1. The summed E-state index contributed by atoms with van der Waals surface area (Å²) in [6.45, 7) is 0.583. The predicted octanol–water partition coefficient (Wildman–Crippen LogP) is 3.83. The Morgan fingerprint density at radius 3 is 2.81 bits per heavy atom. The molecule has 2 aromatic carbocycles. The Morgan fingerprint density at radius 2 is 2.00 bits per heavy atom. The van der Waals surface area contributed by atoms with Crippen LogP contribution >= 0.6 is 15.9 Å². The summed E-state index contributed by atoms with van der Waals surface area (Å²) in [4.78, 5) is 11.9. The summed E-state index contributed by atoms with van der Waals surface area (Å²) in [5.41, 5.74) is 0.815. The van der Waals surface area contributed by atoms with E-state index in [-0.39, 0.29) is 5.91 Å². The zero-order chi connectivity index (χ0) is 14.7. The molecule has 0 saturated carbocycles. The van der Waals surface area contributed by atoms with Crippen LogP contribution in [0.5, 0.6) is 0 Å². The van der Waals surface area contributed by atoms with Gasteiger partial charge in [0, 0.05) is 35.5 Å². The highest BCUT2D eigenvalue weighted by Crippen LogP contribution is 2.23. The first kappa shape index (κ1) is 13.8. The van der Waals surface area contributed by atoms with Gasteiger partial charge in [0.1, 0.15) is 0 Å². The third-order valence-electron chi connectivity index (χ3n) is 3.21. The second-order valence-corrected chi connectivity index (χ2v) is 5.69. The Bertz CT molecular complexity index is 768. The topological polar surface area (TPSA) is 46.9 Å². The number of anilines is 1. The maximum absolute atomic E-state index is 11.9. The van der Waals surface area contributed by atoms with Gasteiger partial charge in [0.25, 0.3) is 0 Å². The highest BCUT2D eigenvalue weighted by molar-refractivity contribution is 9.10. The van der Waals surface area contributed by atoms with Crippen molar-refractivity contribution >= 4 is 38.3 Å².